The number of thioether (sulfide) groups is 1. The van der Waals surface area contributed by atoms with E-state index in [4.69, 9.17) is 0 Å². The number of nitrogens with one attached hydrogen (secondary N) is 1. The Morgan fingerprint density at radius 1 is 1.57 bits per heavy atom. The van der Waals surface area contributed by atoms with Crippen LogP contribution in [0, 0.1) is 6.92 Å². The van der Waals surface area contributed by atoms with Crippen molar-refractivity contribution in [3.63, 3.8) is 0 Å². The smallest absolute Gasteiger partial charge is 0.0809 e. The molecule has 76 valence electrons. The second-order valence-corrected chi connectivity index (χ2v) is 5.35. The Bertz CT molecular complexity index is 314. The Morgan fingerprint density at radius 3 is 3.14 bits per heavy atom. The molecule has 1 aromatic heterocycles. The fourth-order valence-electron chi connectivity index (χ4n) is 1.70. The molecule has 2 rings (SSSR count). The topological polar surface area (TPSA) is 24.9 Å². The molecule has 0 aromatic carbocycles. The van der Waals surface area contributed by atoms with Gasteiger partial charge in [0.1, 0.15) is 0 Å². The molecule has 1 saturated heterocycles. The van der Waals surface area contributed by atoms with Crippen LogP contribution < -0.4 is 5.32 Å². The summed E-state index contributed by atoms with van der Waals surface area (Å²) in [5.74, 6) is 0. The summed E-state index contributed by atoms with van der Waals surface area (Å²) in [7, 11) is 0. The van der Waals surface area contributed by atoms with Crippen molar-refractivity contribution in [1.29, 1.82) is 0 Å². The van der Waals surface area contributed by atoms with Crippen molar-refractivity contribution < 1.29 is 0 Å². The minimum absolute atomic E-state index is 0.437. The third-order valence-corrected chi connectivity index (χ3v) is 4.00. The van der Waals surface area contributed by atoms with E-state index in [-0.39, 0.29) is 0 Å². The molecule has 14 heavy (non-hydrogen) atoms. The van der Waals surface area contributed by atoms with Gasteiger partial charge in [0.2, 0.25) is 0 Å². The highest BCUT2D eigenvalue weighted by Crippen LogP contribution is 2.35. The van der Waals surface area contributed by atoms with Gasteiger partial charge in [-0.2, -0.15) is 0 Å². The molecule has 3 heteroatoms. The van der Waals surface area contributed by atoms with E-state index >= 15 is 0 Å². The van der Waals surface area contributed by atoms with Gasteiger partial charge in [-0.15, -0.1) is 11.8 Å². The third-order valence-electron chi connectivity index (χ3n) is 2.61. The molecule has 0 aliphatic carbocycles. The molecule has 1 aromatic rings. The molecule has 0 amide bonds. The van der Waals surface area contributed by atoms with Gasteiger partial charge in [-0.3, -0.25) is 4.98 Å². The molecule has 2 atom stereocenters. The van der Waals surface area contributed by atoms with Gasteiger partial charge in [-0.1, -0.05) is 6.92 Å². The molecule has 2 nitrogen and oxygen atoms in total. The Hall–Kier alpha value is -0.540. The molecule has 1 aliphatic rings. The van der Waals surface area contributed by atoms with Gasteiger partial charge < -0.3 is 5.32 Å². The number of pyridine rings is 1. The number of nitrogens with zero attached hydrogens (tertiary/aromatic N) is 1. The average molecular weight is 208 g/mol. The van der Waals surface area contributed by atoms with Crippen LogP contribution in [0.25, 0.3) is 0 Å². The summed E-state index contributed by atoms with van der Waals surface area (Å²) in [5, 5.41) is 4.72. The minimum atomic E-state index is 0.437. The van der Waals surface area contributed by atoms with Gasteiger partial charge in [0, 0.05) is 23.2 Å². The van der Waals surface area contributed by atoms with Crippen molar-refractivity contribution >= 4 is 11.8 Å². The predicted molar refractivity (Wildman–Crippen MR) is 61.4 cm³/mol. The quantitative estimate of drug-likeness (QED) is 0.767. The van der Waals surface area contributed by atoms with Crippen LogP contribution in [0.2, 0.25) is 0 Å². The lowest BCUT2D eigenvalue weighted by Crippen LogP contribution is -2.29. The first-order valence-electron chi connectivity index (χ1n) is 5.06. The van der Waals surface area contributed by atoms with E-state index in [2.05, 4.69) is 30.2 Å². The van der Waals surface area contributed by atoms with Crippen molar-refractivity contribution in [3.8, 4) is 0 Å². The molecule has 1 fully saturated rings. The van der Waals surface area contributed by atoms with Crippen LogP contribution in [0.1, 0.15) is 29.8 Å². The zero-order valence-corrected chi connectivity index (χ0v) is 9.47. The van der Waals surface area contributed by atoms with Gasteiger partial charge in [0.15, 0.2) is 0 Å². The number of aryl methyl sites for hydroxylation is 1. The van der Waals surface area contributed by atoms with E-state index in [1.54, 1.807) is 0 Å². The Labute approximate surface area is 89.5 Å². The van der Waals surface area contributed by atoms with E-state index < -0.39 is 0 Å². The Kier molecular flexibility index (Phi) is 3.08. The first-order chi connectivity index (χ1) is 6.77. The third kappa shape index (κ3) is 2.10. The number of hydrogen-bond donors (Lipinski definition) is 1. The van der Waals surface area contributed by atoms with E-state index in [0.717, 1.165) is 11.8 Å². The Morgan fingerprint density at radius 2 is 2.43 bits per heavy atom. The van der Waals surface area contributed by atoms with Gasteiger partial charge in [0.25, 0.3) is 0 Å². The van der Waals surface area contributed by atoms with E-state index in [1.807, 2.05) is 24.2 Å². The van der Waals surface area contributed by atoms with Crippen LogP contribution in [0.5, 0.6) is 0 Å². The largest absolute Gasteiger partial charge is 0.302 e. The van der Waals surface area contributed by atoms with Gasteiger partial charge in [0.05, 0.1) is 5.37 Å². The number of hydrogen-bond acceptors (Lipinski definition) is 3. The van der Waals surface area contributed by atoms with E-state index in [0.29, 0.717) is 5.37 Å². The van der Waals surface area contributed by atoms with Crippen molar-refractivity contribution in [2.75, 3.05) is 6.54 Å². The highest BCUT2D eigenvalue weighted by atomic mass is 32.2. The lowest BCUT2D eigenvalue weighted by atomic mass is 10.1. The highest BCUT2D eigenvalue weighted by molar-refractivity contribution is 8.00. The molecule has 2 unspecified atom stereocenters. The van der Waals surface area contributed by atoms with Crippen molar-refractivity contribution in [3.05, 3.63) is 29.6 Å². The zero-order valence-electron chi connectivity index (χ0n) is 8.66. The SMILES string of the molecule is Cc1ccncc1C1NCCC(C)S1. The molecule has 0 saturated carbocycles. The average Bonchev–Trinajstić information content (AvgIpc) is 2.18. The van der Waals surface area contributed by atoms with Crippen LogP contribution in [0.15, 0.2) is 18.5 Å². The fourth-order valence-corrected chi connectivity index (χ4v) is 3.03. The molecular weight excluding hydrogens is 192 g/mol. The molecule has 2 heterocycles. The standard InChI is InChI=1S/C11H16N2S/c1-8-3-5-12-7-10(8)11-13-6-4-9(2)14-11/h3,5,7,9,11,13H,4,6H2,1-2H3. The summed E-state index contributed by atoms with van der Waals surface area (Å²) in [5.41, 5.74) is 2.67. The second kappa shape index (κ2) is 4.32. The van der Waals surface area contributed by atoms with Crippen LogP contribution >= 0.6 is 11.8 Å². The van der Waals surface area contributed by atoms with Gasteiger partial charge in [-0.05, 0) is 31.5 Å². The molecular formula is C11H16N2S. The van der Waals surface area contributed by atoms with E-state index in [1.165, 1.54) is 17.5 Å². The first-order valence-corrected chi connectivity index (χ1v) is 6.01. The molecule has 0 radical (unpaired) electrons. The zero-order chi connectivity index (χ0) is 9.97. The monoisotopic (exact) mass is 208 g/mol. The fraction of sp³-hybridized carbons (Fsp3) is 0.545. The summed E-state index contributed by atoms with van der Waals surface area (Å²) >= 11 is 2.00. The van der Waals surface area contributed by atoms with Gasteiger partial charge >= 0.3 is 0 Å². The summed E-state index contributed by atoms with van der Waals surface area (Å²) < 4.78 is 0. The maximum Gasteiger partial charge on any atom is 0.0809 e. The van der Waals surface area contributed by atoms with Crippen LogP contribution in [-0.4, -0.2) is 16.8 Å². The normalized spacial score (nSPS) is 27.6. The lowest BCUT2D eigenvalue weighted by Gasteiger charge is -2.28. The summed E-state index contributed by atoms with van der Waals surface area (Å²) in [6, 6.07) is 2.08. The second-order valence-electron chi connectivity index (χ2n) is 3.80. The highest BCUT2D eigenvalue weighted by Gasteiger charge is 2.21. The predicted octanol–water partition coefficient (Wildman–Crippen LogP) is 2.50. The Balaban J connectivity index is 2.18. The van der Waals surface area contributed by atoms with Crippen LogP contribution in [0.3, 0.4) is 0 Å². The molecule has 1 aliphatic heterocycles. The maximum absolute atomic E-state index is 4.19. The van der Waals surface area contributed by atoms with Crippen LogP contribution in [0.4, 0.5) is 0 Å². The first kappa shape index (κ1) is 9.99. The summed E-state index contributed by atoms with van der Waals surface area (Å²) in [6.07, 6.45) is 5.11. The molecule has 0 bridgehead atoms. The van der Waals surface area contributed by atoms with Crippen molar-refractivity contribution in [2.24, 2.45) is 0 Å². The van der Waals surface area contributed by atoms with Crippen molar-refractivity contribution in [1.82, 2.24) is 10.3 Å². The molecule has 1 N–H and O–H groups in total. The van der Waals surface area contributed by atoms with Gasteiger partial charge in [-0.25, -0.2) is 0 Å². The van der Waals surface area contributed by atoms with Crippen molar-refractivity contribution in [2.45, 2.75) is 30.9 Å². The maximum atomic E-state index is 4.19. The van der Waals surface area contributed by atoms with Crippen LogP contribution in [-0.2, 0) is 0 Å². The number of rotatable bonds is 1. The summed E-state index contributed by atoms with van der Waals surface area (Å²) in [6.45, 7) is 5.57. The summed E-state index contributed by atoms with van der Waals surface area (Å²) in [4.78, 5) is 4.19. The lowest BCUT2D eigenvalue weighted by molar-refractivity contribution is 0.602. The minimum Gasteiger partial charge on any atom is -0.302 e. The number of aromatic nitrogens is 1. The van der Waals surface area contributed by atoms with E-state index in [9.17, 15) is 0 Å². The molecule has 0 spiro atoms.